The van der Waals surface area contributed by atoms with Crippen LogP contribution in [-0.2, 0) is 19.6 Å². The highest BCUT2D eigenvalue weighted by Crippen LogP contribution is 2.33. The molecule has 26 heavy (non-hydrogen) atoms. The van der Waals surface area contributed by atoms with Crippen molar-refractivity contribution in [1.82, 2.24) is 4.90 Å². The molecule has 0 saturated heterocycles. The van der Waals surface area contributed by atoms with E-state index in [1.54, 1.807) is 29.3 Å². The van der Waals surface area contributed by atoms with Gasteiger partial charge in [-0.25, -0.2) is 8.42 Å². The smallest absolute Gasteiger partial charge is 0.259 e. The Morgan fingerprint density at radius 2 is 2.19 bits per heavy atom. The monoisotopic (exact) mass is 390 g/mol. The number of carbonyl (C=O) groups is 2. The molecule has 1 aromatic rings. The third-order valence-electron chi connectivity index (χ3n) is 3.97. The number of nitrogens with one attached hydrogen (secondary N) is 2. The van der Waals surface area contributed by atoms with Gasteiger partial charge in [0.05, 0.1) is 22.8 Å². The molecule has 2 N–H and O–H groups in total. The van der Waals surface area contributed by atoms with Crippen LogP contribution in [0.1, 0.15) is 0 Å². The average molecular weight is 390 g/mol. The number of hydrogen-bond acceptors (Lipinski definition) is 6. The van der Waals surface area contributed by atoms with E-state index in [0.29, 0.717) is 17.1 Å². The lowest BCUT2D eigenvalue weighted by Crippen LogP contribution is -2.40. The van der Waals surface area contributed by atoms with Crippen molar-refractivity contribution in [2.45, 2.75) is 4.90 Å². The molecule has 134 valence electrons. The van der Waals surface area contributed by atoms with Gasteiger partial charge in [-0.05, 0) is 30.4 Å². The van der Waals surface area contributed by atoms with Crippen LogP contribution in [0.25, 0.3) is 0 Å². The highest BCUT2D eigenvalue weighted by molar-refractivity contribution is 8.00. The number of nitrogens with zero attached hydrogens (tertiary/aromatic N) is 2. The molecule has 0 fully saturated rings. The van der Waals surface area contributed by atoms with Gasteiger partial charge in [0, 0.05) is 23.3 Å². The zero-order valence-electron chi connectivity index (χ0n) is 13.4. The summed E-state index contributed by atoms with van der Waals surface area (Å²) in [5.41, 5.74) is 1.31. The van der Waals surface area contributed by atoms with Crippen molar-refractivity contribution in [2.24, 2.45) is 4.40 Å². The van der Waals surface area contributed by atoms with Gasteiger partial charge in [0.25, 0.3) is 15.9 Å². The van der Waals surface area contributed by atoms with Crippen molar-refractivity contribution in [3.05, 3.63) is 42.1 Å². The molecule has 0 bridgehead atoms. The van der Waals surface area contributed by atoms with E-state index in [0.717, 1.165) is 4.90 Å². The van der Waals surface area contributed by atoms with Gasteiger partial charge in [0.1, 0.15) is 0 Å². The highest BCUT2D eigenvalue weighted by Gasteiger charge is 2.30. The van der Waals surface area contributed by atoms with Gasteiger partial charge in [0.2, 0.25) is 5.91 Å². The fourth-order valence-corrected chi connectivity index (χ4v) is 4.53. The standard InChI is InChI=1S/C16H14N4O4S2/c21-14-9-25-13-4-3-10(8-12(13)18-14)17-16(22)11-2-1-5-20-6-7-26(23,24)19-15(11)20/h1-5,8H,6-7,9H2,(H,17,22)(H,18,21). The van der Waals surface area contributed by atoms with E-state index in [4.69, 9.17) is 0 Å². The molecule has 4 rings (SSSR count). The maximum Gasteiger partial charge on any atom is 0.259 e. The van der Waals surface area contributed by atoms with E-state index in [2.05, 4.69) is 15.0 Å². The summed E-state index contributed by atoms with van der Waals surface area (Å²) in [6.45, 7) is 0.254. The number of allylic oxidation sites excluding steroid dienone is 2. The van der Waals surface area contributed by atoms with Crippen LogP contribution in [0.3, 0.4) is 0 Å². The quantitative estimate of drug-likeness (QED) is 0.785. The van der Waals surface area contributed by atoms with Crippen LogP contribution in [0.15, 0.2) is 51.4 Å². The third-order valence-corrected chi connectivity index (χ3v) is 6.20. The number of carbonyl (C=O) groups excluding carboxylic acids is 2. The third kappa shape index (κ3) is 3.25. The topological polar surface area (TPSA) is 108 Å². The summed E-state index contributed by atoms with van der Waals surface area (Å²) in [6, 6.07) is 5.23. The second kappa shape index (κ2) is 6.29. The molecule has 3 aliphatic rings. The second-order valence-corrected chi connectivity index (χ2v) is 8.59. The maximum atomic E-state index is 12.7. The summed E-state index contributed by atoms with van der Waals surface area (Å²) < 4.78 is 27.3. The number of rotatable bonds is 2. The molecule has 0 radical (unpaired) electrons. The molecule has 10 heteroatoms. The Hall–Kier alpha value is -2.59. The van der Waals surface area contributed by atoms with Crippen LogP contribution in [0.5, 0.6) is 0 Å². The summed E-state index contributed by atoms with van der Waals surface area (Å²) in [4.78, 5) is 26.7. The normalized spacial score (nSPS) is 20.3. The van der Waals surface area contributed by atoms with Gasteiger partial charge in [-0.3, -0.25) is 9.59 Å². The van der Waals surface area contributed by atoms with Gasteiger partial charge in [-0.2, -0.15) is 0 Å². The fraction of sp³-hybridized carbons (Fsp3) is 0.188. The molecular weight excluding hydrogens is 376 g/mol. The first-order valence-corrected chi connectivity index (χ1v) is 10.4. The molecule has 3 aliphatic heterocycles. The molecular formula is C16H14N4O4S2. The number of anilines is 2. The van der Waals surface area contributed by atoms with Crippen molar-refractivity contribution in [3.63, 3.8) is 0 Å². The second-order valence-electron chi connectivity index (χ2n) is 5.82. The molecule has 3 heterocycles. The number of amides is 2. The number of hydrogen-bond donors (Lipinski definition) is 2. The Bertz CT molecular complexity index is 1010. The number of benzene rings is 1. The lowest BCUT2D eigenvalue weighted by atomic mass is 10.1. The van der Waals surface area contributed by atoms with Crippen molar-refractivity contribution >= 4 is 50.8 Å². The van der Waals surface area contributed by atoms with E-state index in [9.17, 15) is 18.0 Å². The van der Waals surface area contributed by atoms with Crippen molar-refractivity contribution in [2.75, 3.05) is 28.7 Å². The molecule has 0 aromatic heterocycles. The number of fused-ring (bicyclic) bond motifs is 2. The van der Waals surface area contributed by atoms with Crippen molar-refractivity contribution < 1.29 is 18.0 Å². The lowest BCUT2D eigenvalue weighted by Gasteiger charge is -2.28. The first-order chi connectivity index (χ1) is 12.4. The van der Waals surface area contributed by atoms with Gasteiger partial charge in [0.15, 0.2) is 5.84 Å². The van der Waals surface area contributed by atoms with Crippen LogP contribution >= 0.6 is 11.8 Å². The van der Waals surface area contributed by atoms with E-state index in [1.165, 1.54) is 17.8 Å². The van der Waals surface area contributed by atoms with E-state index in [-0.39, 0.29) is 29.6 Å². The Morgan fingerprint density at radius 1 is 1.35 bits per heavy atom. The first-order valence-electron chi connectivity index (χ1n) is 7.77. The number of thioether (sulfide) groups is 1. The Balaban J connectivity index is 1.59. The largest absolute Gasteiger partial charge is 0.331 e. The van der Waals surface area contributed by atoms with Gasteiger partial charge in [-0.1, -0.05) is 0 Å². The fourth-order valence-electron chi connectivity index (χ4n) is 2.75. The predicted molar refractivity (Wildman–Crippen MR) is 99.6 cm³/mol. The average Bonchev–Trinajstić information content (AvgIpc) is 2.60. The van der Waals surface area contributed by atoms with Crippen LogP contribution < -0.4 is 10.6 Å². The van der Waals surface area contributed by atoms with Crippen LogP contribution in [0.4, 0.5) is 11.4 Å². The molecule has 0 unspecified atom stereocenters. The minimum absolute atomic E-state index is 0.0854. The Labute approximate surface area is 154 Å². The summed E-state index contributed by atoms with van der Waals surface area (Å²) in [6.07, 6.45) is 4.90. The van der Waals surface area contributed by atoms with Crippen molar-refractivity contribution in [1.29, 1.82) is 0 Å². The molecule has 0 atom stereocenters. The molecule has 1 aromatic carbocycles. The Kier molecular flexibility index (Phi) is 4.08. The Morgan fingerprint density at radius 3 is 3.04 bits per heavy atom. The minimum atomic E-state index is -3.57. The van der Waals surface area contributed by atoms with Crippen LogP contribution in [0, 0.1) is 0 Å². The SMILES string of the molecule is O=C1CSc2ccc(NC(=O)C3=CC=CN4CCS(=O)(=O)N=C34)cc2N1. The minimum Gasteiger partial charge on any atom is -0.331 e. The first kappa shape index (κ1) is 16.9. The summed E-state index contributed by atoms with van der Waals surface area (Å²) in [5, 5.41) is 5.49. The van der Waals surface area contributed by atoms with Crippen molar-refractivity contribution in [3.8, 4) is 0 Å². The van der Waals surface area contributed by atoms with Gasteiger partial charge in [-0.15, -0.1) is 16.2 Å². The van der Waals surface area contributed by atoms with Gasteiger partial charge < -0.3 is 15.5 Å². The number of amidine groups is 1. The van der Waals surface area contributed by atoms with E-state index in [1.807, 2.05) is 6.07 Å². The summed E-state index contributed by atoms with van der Waals surface area (Å²) >= 11 is 1.43. The van der Waals surface area contributed by atoms with Crippen LogP contribution in [-0.4, -0.2) is 49.0 Å². The van der Waals surface area contributed by atoms with E-state index < -0.39 is 15.9 Å². The zero-order chi connectivity index (χ0) is 18.3. The molecule has 0 saturated carbocycles. The summed E-state index contributed by atoms with van der Waals surface area (Å²) in [5.74, 6) is -0.161. The van der Waals surface area contributed by atoms with Gasteiger partial charge >= 0.3 is 0 Å². The van der Waals surface area contributed by atoms with Crippen LogP contribution in [0.2, 0.25) is 0 Å². The molecule has 2 amide bonds. The molecule has 0 aliphatic carbocycles. The summed E-state index contributed by atoms with van der Waals surface area (Å²) in [7, 11) is -3.57. The maximum absolute atomic E-state index is 12.7. The lowest BCUT2D eigenvalue weighted by molar-refractivity contribution is -0.114. The predicted octanol–water partition coefficient (Wildman–Crippen LogP) is 1.17. The zero-order valence-corrected chi connectivity index (χ0v) is 15.1. The van der Waals surface area contributed by atoms with E-state index >= 15 is 0 Å². The molecule has 0 spiro atoms. The number of sulfonamides is 1. The highest BCUT2D eigenvalue weighted by atomic mass is 32.2. The molecule has 8 nitrogen and oxygen atoms in total.